The number of aromatic nitrogens is 2. The van der Waals surface area contributed by atoms with Crippen LogP contribution in [-0.2, 0) is 17.9 Å². The summed E-state index contributed by atoms with van der Waals surface area (Å²) in [7, 11) is 0. The van der Waals surface area contributed by atoms with E-state index in [-0.39, 0.29) is 11.5 Å². The third kappa shape index (κ3) is 4.40. The molecule has 1 saturated heterocycles. The molecule has 6 heteroatoms. The lowest BCUT2D eigenvalue weighted by Gasteiger charge is -2.32. The standard InChI is InChI=1S/C21H22FN3O2/c22-15-6-7-20-19(10-15)21(26)11-17(24-20)12-25-9-3-5-18(13-25)27-14-16-4-1-2-8-23-16/h1-2,4,6-8,10-11,18H,3,5,9,12-14H2,(H,24,26). The normalized spacial score (nSPS) is 18.0. The quantitative estimate of drug-likeness (QED) is 0.752. The molecule has 0 saturated carbocycles. The third-order valence-electron chi connectivity index (χ3n) is 4.90. The second-order valence-electron chi connectivity index (χ2n) is 6.98. The van der Waals surface area contributed by atoms with Crippen LogP contribution in [0.4, 0.5) is 4.39 Å². The van der Waals surface area contributed by atoms with Crippen LogP contribution in [0.25, 0.3) is 10.9 Å². The molecule has 1 fully saturated rings. The molecule has 1 aromatic carbocycles. The SMILES string of the molecule is O=c1cc(CN2CCCC(OCc3ccccn3)C2)[nH]c2ccc(F)cc12. The number of rotatable bonds is 5. The Morgan fingerprint density at radius 1 is 1.26 bits per heavy atom. The molecular formula is C21H22FN3O2. The number of pyridine rings is 2. The van der Waals surface area contributed by atoms with Crippen LogP contribution < -0.4 is 5.43 Å². The van der Waals surface area contributed by atoms with Crippen LogP contribution >= 0.6 is 0 Å². The molecule has 3 aromatic rings. The molecule has 0 spiro atoms. The molecule has 0 amide bonds. The lowest BCUT2D eigenvalue weighted by Crippen LogP contribution is -2.39. The van der Waals surface area contributed by atoms with Crippen molar-refractivity contribution in [2.45, 2.75) is 32.1 Å². The van der Waals surface area contributed by atoms with Crippen LogP contribution in [0.15, 0.2) is 53.5 Å². The maximum Gasteiger partial charge on any atom is 0.189 e. The Hall–Kier alpha value is -2.57. The number of H-pyrrole nitrogens is 1. The van der Waals surface area contributed by atoms with Gasteiger partial charge < -0.3 is 9.72 Å². The minimum atomic E-state index is -0.398. The number of hydrogen-bond acceptors (Lipinski definition) is 4. The van der Waals surface area contributed by atoms with E-state index in [0.717, 1.165) is 37.3 Å². The fraction of sp³-hybridized carbons (Fsp3) is 0.333. The summed E-state index contributed by atoms with van der Waals surface area (Å²) in [5, 5.41) is 0.383. The van der Waals surface area contributed by atoms with Crippen LogP contribution in [0.5, 0.6) is 0 Å². The van der Waals surface area contributed by atoms with Crippen LogP contribution in [0.3, 0.4) is 0 Å². The van der Waals surface area contributed by atoms with Gasteiger partial charge >= 0.3 is 0 Å². The van der Waals surface area contributed by atoms with E-state index in [1.165, 1.54) is 12.1 Å². The van der Waals surface area contributed by atoms with Crippen molar-refractivity contribution < 1.29 is 9.13 Å². The summed E-state index contributed by atoms with van der Waals surface area (Å²) in [5.41, 5.74) is 2.28. The van der Waals surface area contributed by atoms with E-state index >= 15 is 0 Å². The first kappa shape index (κ1) is 17.8. The number of fused-ring (bicyclic) bond motifs is 1. The molecule has 4 rings (SSSR count). The molecular weight excluding hydrogens is 345 g/mol. The number of ether oxygens (including phenoxy) is 1. The van der Waals surface area contributed by atoms with Gasteiger partial charge in [0.1, 0.15) is 5.82 Å². The predicted octanol–water partition coefficient (Wildman–Crippen LogP) is 3.24. The highest BCUT2D eigenvalue weighted by atomic mass is 19.1. The number of benzene rings is 1. The summed E-state index contributed by atoms with van der Waals surface area (Å²) in [5.74, 6) is -0.398. The molecule has 140 valence electrons. The van der Waals surface area contributed by atoms with Gasteiger partial charge in [0.25, 0.3) is 0 Å². The second kappa shape index (κ2) is 7.98. The third-order valence-corrected chi connectivity index (χ3v) is 4.90. The van der Waals surface area contributed by atoms with E-state index < -0.39 is 5.82 Å². The van der Waals surface area contributed by atoms with Crippen LogP contribution in [-0.4, -0.2) is 34.1 Å². The zero-order valence-corrected chi connectivity index (χ0v) is 15.0. The number of piperidine rings is 1. The van der Waals surface area contributed by atoms with Crippen molar-refractivity contribution in [2.24, 2.45) is 0 Å². The van der Waals surface area contributed by atoms with Crippen molar-refractivity contribution in [1.82, 2.24) is 14.9 Å². The van der Waals surface area contributed by atoms with Gasteiger partial charge in [0.05, 0.1) is 18.4 Å². The first-order chi connectivity index (χ1) is 13.2. The van der Waals surface area contributed by atoms with Crippen molar-refractivity contribution in [1.29, 1.82) is 0 Å². The van der Waals surface area contributed by atoms with E-state index in [9.17, 15) is 9.18 Å². The Morgan fingerprint density at radius 2 is 2.19 bits per heavy atom. The van der Waals surface area contributed by atoms with Gasteiger partial charge in [-0.25, -0.2) is 4.39 Å². The molecule has 0 radical (unpaired) electrons. The average Bonchev–Trinajstić information content (AvgIpc) is 2.68. The first-order valence-electron chi connectivity index (χ1n) is 9.23. The van der Waals surface area contributed by atoms with Crippen molar-refractivity contribution in [2.75, 3.05) is 13.1 Å². The maximum absolute atomic E-state index is 13.3. The highest BCUT2D eigenvalue weighted by Gasteiger charge is 2.21. The summed E-state index contributed by atoms with van der Waals surface area (Å²) < 4.78 is 19.4. The minimum Gasteiger partial charge on any atom is -0.371 e. The molecule has 1 unspecified atom stereocenters. The van der Waals surface area contributed by atoms with Gasteiger partial charge in [0, 0.05) is 41.9 Å². The topological polar surface area (TPSA) is 58.2 Å². The maximum atomic E-state index is 13.3. The Bertz CT molecular complexity index is 974. The van der Waals surface area contributed by atoms with Crippen LogP contribution in [0.2, 0.25) is 0 Å². The number of nitrogens with one attached hydrogen (secondary N) is 1. The number of hydrogen-bond donors (Lipinski definition) is 1. The van der Waals surface area contributed by atoms with Crippen molar-refractivity contribution in [3.05, 3.63) is 76.1 Å². The van der Waals surface area contributed by atoms with Crippen molar-refractivity contribution in [3.63, 3.8) is 0 Å². The summed E-state index contributed by atoms with van der Waals surface area (Å²) in [6.07, 6.45) is 4.00. The largest absolute Gasteiger partial charge is 0.371 e. The Labute approximate surface area is 156 Å². The van der Waals surface area contributed by atoms with Gasteiger partial charge in [0.15, 0.2) is 5.43 Å². The molecule has 1 atom stereocenters. The highest BCUT2D eigenvalue weighted by Crippen LogP contribution is 2.17. The Kier molecular flexibility index (Phi) is 5.27. The smallest absolute Gasteiger partial charge is 0.189 e. The number of aromatic amines is 1. The van der Waals surface area contributed by atoms with E-state index in [1.807, 2.05) is 18.2 Å². The molecule has 0 bridgehead atoms. The van der Waals surface area contributed by atoms with Gasteiger partial charge in [-0.05, 0) is 49.7 Å². The lowest BCUT2D eigenvalue weighted by molar-refractivity contribution is -0.0135. The number of nitrogens with zero attached hydrogens (tertiary/aromatic N) is 2. The van der Waals surface area contributed by atoms with E-state index in [2.05, 4.69) is 14.9 Å². The predicted molar refractivity (Wildman–Crippen MR) is 102 cm³/mol. The molecule has 3 heterocycles. The molecule has 1 N–H and O–H groups in total. The Morgan fingerprint density at radius 3 is 3.04 bits per heavy atom. The first-order valence-corrected chi connectivity index (χ1v) is 9.23. The second-order valence-corrected chi connectivity index (χ2v) is 6.98. The van der Waals surface area contributed by atoms with Gasteiger partial charge in [-0.2, -0.15) is 0 Å². The van der Waals surface area contributed by atoms with E-state index in [1.54, 1.807) is 18.3 Å². The van der Waals surface area contributed by atoms with Gasteiger partial charge in [0.2, 0.25) is 0 Å². The average molecular weight is 367 g/mol. The van der Waals surface area contributed by atoms with Gasteiger partial charge in [-0.3, -0.25) is 14.7 Å². The lowest BCUT2D eigenvalue weighted by atomic mass is 10.1. The van der Waals surface area contributed by atoms with Crippen LogP contribution in [0, 0.1) is 5.82 Å². The number of halogens is 1. The fourth-order valence-electron chi connectivity index (χ4n) is 3.58. The number of likely N-dealkylation sites (tertiary alicyclic amines) is 1. The highest BCUT2D eigenvalue weighted by molar-refractivity contribution is 5.78. The summed E-state index contributed by atoms with van der Waals surface area (Å²) in [6, 6.07) is 11.6. The zero-order valence-electron chi connectivity index (χ0n) is 15.0. The van der Waals surface area contributed by atoms with Gasteiger partial charge in [-0.1, -0.05) is 6.07 Å². The van der Waals surface area contributed by atoms with Crippen molar-refractivity contribution in [3.8, 4) is 0 Å². The van der Waals surface area contributed by atoms with Crippen LogP contribution in [0.1, 0.15) is 24.2 Å². The zero-order chi connectivity index (χ0) is 18.6. The molecule has 27 heavy (non-hydrogen) atoms. The fourth-order valence-corrected chi connectivity index (χ4v) is 3.58. The monoisotopic (exact) mass is 367 g/mol. The van der Waals surface area contributed by atoms with E-state index in [4.69, 9.17) is 4.74 Å². The van der Waals surface area contributed by atoms with Gasteiger partial charge in [-0.15, -0.1) is 0 Å². The summed E-state index contributed by atoms with van der Waals surface area (Å²) in [4.78, 5) is 22.1. The Balaban J connectivity index is 1.41. The van der Waals surface area contributed by atoms with E-state index in [0.29, 0.717) is 24.1 Å². The molecule has 5 nitrogen and oxygen atoms in total. The molecule has 2 aromatic heterocycles. The molecule has 1 aliphatic heterocycles. The minimum absolute atomic E-state index is 0.154. The summed E-state index contributed by atoms with van der Waals surface area (Å²) in [6.45, 7) is 2.94. The molecule has 0 aliphatic carbocycles. The van der Waals surface area contributed by atoms with Crippen molar-refractivity contribution >= 4 is 10.9 Å². The summed E-state index contributed by atoms with van der Waals surface area (Å²) >= 11 is 0. The molecule has 1 aliphatic rings.